The summed E-state index contributed by atoms with van der Waals surface area (Å²) in [5.41, 5.74) is 24.1. The van der Waals surface area contributed by atoms with Crippen LogP contribution in [0.4, 0.5) is 10.1 Å². The number of ether oxygens (including phenoxy) is 2. The molecule has 1 radical (unpaired) electrons. The number of methoxy groups -OCH3 is 1. The van der Waals surface area contributed by atoms with E-state index in [1.807, 2.05) is 93.3 Å². The van der Waals surface area contributed by atoms with Crippen molar-refractivity contribution >= 4 is 29.1 Å². The molecule has 2 saturated heterocycles. The molecule has 3 aromatic carbocycles. The van der Waals surface area contributed by atoms with Crippen molar-refractivity contribution in [3.05, 3.63) is 117 Å². The number of likely N-dealkylation sites (tertiary alicyclic amines) is 2. The van der Waals surface area contributed by atoms with Gasteiger partial charge in [0.25, 0.3) is 5.91 Å². The molecule has 3 aromatic rings. The second-order valence-corrected chi connectivity index (χ2v) is 20.9. The third kappa shape index (κ3) is 19.6. The maximum atomic E-state index is 15.0. The number of halogens is 2. The van der Waals surface area contributed by atoms with Gasteiger partial charge in [-0.3, -0.25) is 14.5 Å². The Labute approximate surface area is 461 Å². The number of hydrogen-bond donors (Lipinski definition) is 4. The van der Waals surface area contributed by atoms with E-state index in [-0.39, 0.29) is 69.0 Å². The number of nitrogens with one attached hydrogen (secondary N) is 2. The summed E-state index contributed by atoms with van der Waals surface area (Å²) < 4.78 is 25.6. The Kier molecular flexibility index (Phi) is 27.8. The van der Waals surface area contributed by atoms with Crippen LogP contribution in [0, 0.1) is 24.7 Å². The third-order valence-corrected chi connectivity index (χ3v) is 15.1. The minimum atomic E-state index is -1.47. The van der Waals surface area contributed by atoms with Gasteiger partial charge in [-0.25, -0.2) is 4.39 Å². The Hall–Kier alpha value is -2.98. The monoisotopic (exact) mass is 1090 g/mol. The van der Waals surface area contributed by atoms with E-state index in [1.54, 1.807) is 19.3 Å². The number of aliphatic hydroxyl groups excluding tert-OH is 1. The van der Waals surface area contributed by atoms with Gasteiger partial charge in [-0.15, -0.1) is 12.2 Å². The predicted molar refractivity (Wildman–Crippen MR) is 287 cm³/mol. The van der Waals surface area contributed by atoms with Crippen LogP contribution in [0.1, 0.15) is 125 Å². The maximum Gasteiger partial charge on any atom is 0.260 e. The van der Waals surface area contributed by atoms with E-state index in [2.05, 4.69) is 15.5 Å². The molecule has 5 unspecified atom stereocenters. The number of carbonyl (C=O) groups excluding carboxylic acids is 2. The minimum absolute atomic E-state index is 0. The Morgan fingerprint density at radius 1 is 0.917 bits per heavy atom. The zero-order chi connectivity index (χ0) is 51.3. The molecule has 2 aliphatic carbocycles. The number of hydrogen-bond acceptors (Lipinski definition) is 8. The van der Waals surface area contributed by atoms with Crippen LogP contribution in [-0.4, -0.2) is 123 Å². The van der Waals surface area contributed by atoms with Crippen molar-refractivity contribution in [2.75, 3.05) is 66.1 Å². The Balaban J connectivity index is 0.000000297. The summed E-state index contributed by atoms with van der Waals surface area (Å²) in [6.07, 6.45) is 13.6. The molecule has 4 aliphatic rings. The normalized spacial score (nSPS) is 21.8. The van der Waals surface area contributed by atoms with Crippen molar-refractivity contribution in [2.24, 2.45) is 29.2 Å². The zero-order valence-corrected chi connectivity index (χ0v) is 47.4. The number of nitrogens with two attached hydrogens (primary N) is 2. The van der Waals surface area contributed by atoms with Crippen molar-refractivity contribution < 1.29 is 61.3 Å². The topological polar surface area (TPSA) is 181 Å². The van der Waals surface area contributed by atoms with Gasteiger partial charge in [0, 0.05) is 94.3 Å². The number of aryl methyl sites for hydroxylation is 1. The smallest absolute Gasteiger partial charge is 0.260 e. The van der Waals surface area contributed by atoms with Crippen LogP contribution in [0.3, 0.4) is 0 Å². The molecule has 397 valence electrons. The van der Waals surface area contributed by atoms with Gasteiger partial charge < -0.3 is 47.3 Å². The molecule has 72 heavy (non-hydrogen) atoms. The van der Waals surface area contributed by atoms with Crippen LogP contribution in [0.15, 0.2) is 78.9 Å². The van der Waals surface area contributed by atoms with Crippen molar-refractivity contribution in [1.29, 1.82) is 0 Å². The van der Waals surface area contributed by atoms with Crippen molar-refractivity contribution in [2.45, 2.75) is 141 Å². The number of nitrogens with zero attached hydrogens (tertiary/aromatic N) is 3. The van der Waals surface area contributed by atoms with Crippen LogP contribution in [0.5, 0.6) is 5.75 Å². The minimum Gasteiger partial charge on any atom is -0.684 e. The molecule has 2 aliphatic heterocycles. The van der Waals surface area contributed by atoms with Gasteiger partial charge >= 0.3 is 0 Å². The van der Waals surface area contributed by atoms with Gasteiger partial charge in [-0.1, -0.05) is 104 Å². The summed E-state index contributed by atoms with van der Waals surface area (Å²) >= 11 is 6.46. The van der Waals surface area contributed by atoms with E-state index < -0.39 is 18.2 Å². The van der Waals surface area contributed by atoms with Crippen molar-refractivity contribution in [1.82, 2.24) is 15.1 Å². The average molecular weight is 1090 g/mol. The maximum absolute atomic E-state index is 15.0. The number of benzene rings is 3. The molecule has 1 saturated carbocycles. The fraction of sp³-hybridized carbons (Fsp3) is 0.614. The Morgan fingerprint density at radius 3 is 2.18 bits per heavy atom. The zero-order valence-electron chi connectivity index (χ0n) is 43.8. The van der Waals surface area contributed by atoms with Crippen LogP contribution >= 0.6 is 11.6 Å². The van der Waals surface area contributed by atoms with Crippen LogP contribution in [0.2, 0.25) is 5.02 Å². The first-order valence-corrected chi connectivity index (χ1v) is 26.8. The fourth-order valence-corrected chi connectivity index (χ4v) is 10.6. The number of rotatable bonds is 18. The van der Waals surface area contributed by atoms with E-state index in [1.165, 1.54) is 44.6 Å². The van der Waals surface area contributed by atoms with Crippen LogP contribution < -0.4 is 21.5 Å². The van der Waals surface area contributed by atoms with E-state index in [4.69, 9.17) is 38.3 Å². The van der Waals surface area contributed by atoms with Gasteiger partial charge in [-0.05, 0) is 132 Å². The standard InChI is InChI=1S/C31H49N5O3.C22H26ClFN2O.C4H10O.Y/c1-24-8-9-28(21-29(24)33-15-5-14-32)39-23-31(38)36-18-12-26(13-19-36)20-25-10-16-35(17-11-25)22-30(37)34-27-6-3-2-4-7-27;1-13(26)16-8-10-20(27)22(24)21(16)17-11-15(7-9-19(17)23)18(12-25)14-5-3-2-4-6-14;1-4(2)5-3;/h8-9,21,25-27,32H,2-7,10-20,22-23H2,1H3,(H,34,37);2-11,13,16,18,20-22,27H,12,25-26H2,1H3;4H,1-3H3;/q-2;;;/t;13-,16?,18?,20?,21?,22?;;/m.0../s1. The van der Waals surface area contributed by atoms with E-state index in [0.717, 1.165) is 86.6 Å². The second kappa shape index (κ2) is 32.5. The quantitative estimate of drug-likeness (QED) is 0.0717. The SMILES string of the molecule is COC(C)C.C[C@H](N)C1C=CC(O)C(F)C1c1cc(C(CN)c2ccccc2)ccc1Cl.Cc1ccc(OCC(=O)N2CCC(CC3CCN(CC(=O)NC4CCCCC4)CC3)CC2)cc1[N-]CCC[NH-].[Y]. The largest absolute Gasteiger partial charge is 0.684 e. The number of carbonyl (C=O) groups is 2. The number of alkyl halides is 1. The molecule has 0 aromatic heterocycles. The summed E-state index contributed by atoms with van der Waals surface area (Å²) in [4.78, 5) is 29.6. The van der Waals surface area contributed by atoms with Gasteiger partial charge in [0.1, 0.15) is 18.0 Å². The summed E-state index contributed by atoms with van der Waals surface area (Å²) in [6.45, 7) is 13.6. The predicted octanol–water partition coefficient (Wildman–Crippen LogP) is 10.4. The molecule has 7 N–H and O–H groups in total. The summed E-state index contributed by atoms with van der Waals surface area (Å²) in [6, 6.07) is 21.5. The first-order valence-electron chi connectivity index (χ1n) is 26.4. The number of piperidine rings is 2. The fourth-order valence-electron chi connectivity index (χ4n) is 10.3. The Morgan fingerprint density at radius 2 is 1.57 bits per heavy atom. The molecule has 0 spiro atoms. The van der Waals surface area contributed by atoms with E-state index in [0.29, 0.717) is 60.6 Å². The molecule has 2 heterocycles. The number of amides is 2. The third-order valence-electron chi connectivity index (χ3n) is 14.8. The molecular weight excluding hydrogens is 1010 g/mol. The van der Waals surface area contributed by atoms with Crippen LogP contribution in [-0.2, 0) is 47.0 Å². The first kappa shape index (κ1) is 61.6. The van der Waals surface area contributed by atoms with Crippen molar-refractivity contribution in [3.8, 4) is 5.75 Å². The van der Waals surface area contributed by atoms with Gasteiger partial charge in [0.15, 0.2) is 6.61 Å². The van der Waals surface area contributed by atoms with Crippen LogP contribution in [0.25, 0.3) is 11.1 Å². The average Bonchev–Trinajstić information content (AvgIpc) is 3.37. The van der Waals surface area contributed by atoms with Gasteiger partial charge in [0.2, 0.25) is 5.91 Å². The number of aliphatic hydroxyl groups is 1. The second-order valence-electron chi connectivity index (χ2n) is 20.5. The van der Waals surface area contributed by atoms with E-state index in [9.17, 15) is 14.7 Å². The molecule has 7 rings (SSSR count). The van der Waals surface area contributed by atoms with Gasteiger partial charge in [0.05, 0.1) is 12.6 Å². The molecular formula is C57H85ClFN7O5Y-2. The molecule has 12 nitrogen and oxygen atoms in total. The summed E-state index contributed by atoms with van der Waals surface area (Å²) in [5, 5.41) is 18.3. The molecule has 3 fully saturated rings. The molecule has 0 bridgehead atoms. The molecule has 15 heteroatoms. The molecule has 6 atom stereocenters. The molecule has 2 amide bonds. The van der Waals surface area contributed by atoms with E-state index >= 15 is 4.39 Å². The summed E-state index contributed by atoms with van der Waals surface area (Å²) in [7, 11) is 1.70. The Bertz CT molecular complexity index is 2060. The first-order chi connectivity index (χ1) is 34.2. The van der Waals surface area contributed by atoms with Gasteiger partial charge in [-0.2, -0.15) is 6.54 Å². The summed E-state index contributed by atoms with van der Waals surface area (Å²) in [5.74, 6) is 1.49. The van der Waals surface area contributed by atoms with Crippen molar-refractivity contribution in [3.63, 3.8) is 0 Å².